The summed E-state index contributed by atoms with van der Waals surface area (Å²) in [6.07, 6.45) is 0. The van der Waals surface area contributed by atoms with Gasteiger partial charge in [0.2, 0.25) is 0 Å². The summed E-state index contributed by atoms with van der Waals surface area (Å²) in [5.41, 5.74) is 6.29. The smallest absolute Gasteiger partial charge is 0.251 e. The van der Waals surface area contributed by atoms with Crippen LogP contribution in [0, 0.1) is 11.6 Å². The van der Waals surface area contributed by atoms with Crippen LogP contribution in [0.1, 0.15) is 10.4 Å². The number of nitrogens with one attached hydrogen (secondary N) is 1. The molecule has 0 aliphatic carbocycles. The molecule has 0 fully saturated rings. The van der Waals surface area contributed by atoms with E-state index in [4.69, 9.17) is 10.5 Å². The van der Waals surface area contributed by atoms with Crippen LogP contribution in [0.5, 0.6) is 11.5 Å². The van der Waals surface area contributed by atoms with E-state index in [1.165, 1.54) is 25.2 Å². The van der Waals surface area contributed by atoms with Crippen molar-refractivity contribution < 1.29 is 18.3 Å². The zero-order chi connectivity index (χ0) is 14.7. The largest absolute Gasteiger partial charge is 0.455 e. The van der Waals surface area contributed by atoms with Crippen LogP contribution in [0.15, 0.2) is 36.4 Å². The van der Waals surface area contributed by atoms with Crippen molar-refractivity contribution in [3.05, 3.63) is 53.6 Å². The van der Waals surface area contributed by atoms with E-state index in [1.807, 2.05) is 0 Å². The monoisotopic (exact) mass is 278 g/mol. The molecule has 0 unspecified atom stereocenters. The Hall–Kier alpha value is -2.63. The lowest BCUT2D eigenvalue weighted by Gasteiger charge is -2.10. The van der Waals surface area contributed by atoms with Crippen LogP contribution in [0.25, 0.3) is 0 Å². The first-order valence-electron chi connectivity index (χ1n) is 5.75. The minimum Gasteiger partial charge on any atom is -0.455 e. The summed E-state index contributed by atoms with van der Waals surface area (Å²) >= 11 is 0. The molecule has 104 valence electrons. The van der Waals surface area contributed by atoms with E-state index >= 15 is 0 Å². The van der Waals surface area contributed by atoms with Crippen LogP contribution in [0.2, 0.25) is 0 Å². The van der Waals surface area contributed by atoms with E-state index < -0.39 is 11.6 Å². The second-order valence-corrected chi connectivity index (χ2v) is 4.04. The van der Waals surface area contributed by atoms with Crippen LogP contribution in [0.4, 0.5) is 14.5 Å². The van der Waals surface area contributed by atoms with Gasteiger partial charge in [0.25, 0.3) is 5.91 Å². The second-order valence-electron chi connectivity index (χ2n) is 4.04. The lowest BCUT2D eigenvalue weighted by Crippen LogP contribution is -2.17. The molecule has 3 N–H and O–H groups in total. The maximum absolute atomic E-state index is 13.1. The summed E-state index contributed by atoms with van der Waals surface area (Å²) in [5.74, 6) is -1.73. The minimum atomic E-state index is -0.763. The zero-order valence-electron chi connectivity index (χ0n) is 10.6. The van der Waals surface area contributed by atoms with Crippen molar-refractivity contribution in [3.8, 4) is 11.5 Å². The highest BCUT2D eigenvalue weighted by Gasteiger charge is 2.10. The highest BCUT2D eigenvalue weighted by molar-refractivity contribution is 5.95. The van der Waals surface area contributed by atoms with Crippen molar-refractivity contribution in [2.45, 2.75) is 0 Å². The highest BCUT2D eigenvalue weighted by Crippen LogP contribution is 2.29. The van der Waals surface area contributed by atoms with Gasteiger partial charge >= 0.3 is 0 Å². The van der Waals surface area contributed by atoms with Gasteiger partial charge in [-0.3, -0.25) is 4.79 Å². The molecule has 0 radical (unpaired) electrons. The Labute approximate surface area is 114 Å². The van der Waals surface area contributed by atoms with E-state index in [-0.39, 0.29) is 23.1 Å². The zero-order valence-corrected chi connectivity index (χ0v) is 10.6. The summed E-state index contributed by atoms with van der Waals surface area (Å²) < 4.78 is 31.5. The number of carbonyl (C=O) groups is 1. The average molecular weight is 278 g/mol. The van der Waals surface area contributed by atoms with Gasteiger partial charge in [0.1, 0.15) is 17.4 Å². The van der Waals surface area contributed by atoms with Crippen molar-refractivity contribution in [2.75, 3.05) is 12.8 Å². The van der Waals surface area contributed by atoms with Crippen molar-refractivity contribution in [1.82, 2.24) is 5.32 Å². The first-order chi connectivity index (χ1) is 9.49. The highest BCUT2D eigenvalue weighted by atomic mass is 19.1. The molecule has 2 rings (SSSR count). The molecule has 0 bridgehead atoms. The number of nitrogen functional groups attached to an aromatic ring is 1. The minimum absolute atomic E-state index is 0.0387. The SMILES string of the molecule is CNC(=O)c1ccc(N)c(Oc2cc(F)cc(F)c2)c1. The summed E-state index contributed by atoms with van der Waals surface area (Å²) in [6.45, 7) is 0. The van der Waals surface area contributed by atoms with Crippen LogP contribution >= 0.6 is 0 Å². The van der Waals surface area contributed by atoms with Gasteiger partial charge in [0, 0.05) is 30.8 Å². The molecule has 0 spiro atoms. The van der Waals surface area contributed by atoms with Gasteiger partial charge in [-0.2, -0.15) is 0 Å². The fourth-order valence-corrected chi connectivity index (χ4v) is 1.62. The summed E-state index contributed by atoms with van der Waals surface area (Å²) in [6, 6.07) is 7.18. The van der Waals surface area contributed by atoms with Crippen LogP contribution in [-0.2, 0) is 0 Å². The second kappa shape index (κ2) is 5.56. The molecule has 2 aromatic rings. The molecule has 1 amide bonds. The lowest BCUT2D eigenvalue weighted by atomic mass is 10.2. The molecular formula is C14H12F2N2O2. The normalized spacial score (nSPS) is 10.2. The average Bonchev–Trinajstić information content (AvgIpc) is 2.39. The number of rotatable bonds is 3. The number of anilines is 1. The van der Waals surface area contributed by atoms with Gasteiger partial charge in [-0.15, -0.1) is 0 Å². The fourth-order valence-electron chi connectivity index (χ4n) is 1.62. The number of hydrogen-bond acceptors (Lipinski definition) is 3. The quantitative estimate of drug-likeness (QED) is 0.848. The Morgan fingerprint density at radius 1 is 1.15 bits per heavy atom. The Morgan fingerprint density at radius 3 is 2.40 bits per heavy atom. The van der Waals surface area contributed by atoms with Crippen molar-refractivity contribution in [1.29, 1.82) is 0 Å². The number of hydrogen-bond donors (Lipinski definition) is 2. The van der Waals surface area contributed by atoms with Gasteiger partial charge < -0.3 is 15.8 Å². The standard InChI is InChI=1S/C14H12F2N2O2/c1-18-14(19)8-2-3-12(17)13(4-8)20-11-6-9(15)5-10(16)7-11/h2-7H,17H2,1H3,(H,18,19). The lowest BCUT2D eigenvalue weighted by molar-refractivity contribution is 0.0963. The summed E-state index contributed by atoms with van der Waals surface area (Å²) in [4.78, 5) is 11.5. The molecule has 0 atom stereocenters. The third-order valence-electron chi connectivity index (χ3n) is 2.57. The maximum atomic E-state index is 13.1. The Bertz CT molecular complexity index is 639. The molecule has 0 aliphatic heterocycles. The van der Waals surface area contributed by atoms with E-state index in [0.29, 0.717) is 5.56 Å². The van der Waals surface area contributed by atoms with Gasteiger partial charge in [0.05, 0.1) is 5.69 Å². The molecule has 0 saturated carbocycles. The molecule has 0 aromatic heterocycles. The molecular weight excluding hydrogens is 266 g/mol. The van der Waals surface area contributed by atoms with E-state index in [1.54, 1.807) is 0 Å². The molecule has 20 heavy (non-hydrogen) atoms. The van der Waals surface area contributed by atoms with E-state index in [0.717, 1.165) is 18.2 Å². The van der Waals surface area contributed by atoms with Crippen molar-refractivity contribution in [3.63, 3.8) is 0 Å². The first-order valence-corrected chi connectivity index (χ1v) is 5.75. The van der Waals surface area contributed by atoms with Crippen LogP contribution in [0.3, 0.4) is 0 Å². The van der Waals surface area contributed by atoms with E-state index in [9.17, 15) is 13.6 Å². The molecule has 2 aromatic carbocycles. The Balaban J connectivity index is 2.34. The molecule has 6 heteroatoms. The van der Waals surface area contributed by atoms with Gasteiger partial charge in [-0.05, 0) is 18.2 Å². The van der Waals surface area contributed by atoms with Crippen molar-refractivity contribution >= 4 is 11.6 Å². The number of nitrogens with two attached hydrogens (primary N) is 1. The maximum Gasteiger partial charge on any atom is 0.251 e. The number of ether oxygens (including phenoxy) is 1. The Kier molecular flexibility index (Phi) is 3.84. The molecule has 4 nitrogen and oxygen atoms in total. The number of amides is 1. The number of carbonyl (C=O) groups excluding carboxylic acids is 1. The fraction of sp³-hybridized carbons (Fsp3) is 0.0714. The third kappa shape index (κ3) is 3.03. The summed E-state index contributed by atoms with van der Waals surface area (Å²) in [7, 11) is 1.49. The molecule has 0 aliphatic rings. The van der Waals surface area contributed by atoms with Crippen LogP contribution in [-0.4, -0.2) is 13.0 Å². The van der Waals surface area contributed by atoms with Gasteiger partial charge in [-0.25, -0.2) is 8.78 Å². The van der Waals surface area contributed by atoms with E-state index in [2.05, 4.69) is 5.32 Å². The van der Waals surface area contributed by atoms with Gasteiger partial charge in [-0.1, -0.05) is 0 Å². The van der Waals surface area contributed by atoms with Gasteiger partial charge in [0.15, 0.2) is 5.75 Å². The molecule has 0 heterocycles. The first kappa shape index (κ1) is 13.8. The Morgan fingerprint density at radius 2 is 1.80 bits per heavy atom. The summed E-state index contributed by atoms with van der Waals surface area (Å²) in [5, 5.41) is 2.45. The molecule has 0 saturated heterocycles. The number of benzene rings is 2. The van der Waals surface area contributed by atoms with Crippen LogP contribution < -0.4 is 15.8 Å². The predicted molar refractivity (Wildman–Crippen MR) is 70.7 cm³/mol. The third-order valence-corrected chi connectivity index (χ3v) is 2.57. The predicted octanol–water partition coefficient (Wildman–Crippen LogP) is 2.70. The number of halogens is 2. The topological polar surface area (TPSA) is 64.4 Å². The van der Waals surface area contributed by atoms with Crippen molar-refractivity contribution in [2.24, 2.45) is 0 Å².